The second-order valence-electron chi connectivity index (χ2n) is 8.35. The fourth-order valence-electron chi connectivity index (χ4n) is 4.04. The van der Waals surface area contributed by atoms with Crippen LogP contribution in [-0.4, -0.2) is 29.0 Å². The van der Waals surface area contributed by atoms with Crippen LogP contribution < -0.4 is 15.8 Å². The number of amides is 1. The number of rotatable bonds is 8. The van der Waals surface area contributed by atoms with Crippen LogP contribution in [0.15, 0.2) is 64.5 Å². The van der Waals surface area contributed by atoms with E-state index in [4.69, 9.17) is 0 Å². The molecule has 7 heteroatoms. The van der Waals surface area contributed by atoms with Crippen molar-refractivity contribution in [1.82, 2.24) is 9.97 Å². The van der Waals surface area contributed by atoms with Crippen LogP contribution in [0.3, 0.4) is 0 Å². The first-order chi connectivity index (χ1) is 16.1. The van der Waals surface area contributed by atoms with Gasteiger partial charge in [0.1, 0.15) is 0 Å². The summed E-state index contributed by atoms with van der Waals surface area (Å²) in [7, 11) is 0. The second-order valence-corrected chi connectivity index (χ2v) is 9.32. The molecule has 33 heavy (non-hydrogen) atoms. The standard InChI is InChI=1S/C26H30N4O2S/c1-19-23(25(32)29-26(27-19)33-18-20-8-4-2-5-9-20)14-15-24(31)28-21-10-12-22(13-11-21)30-16-6-3-7-17-30/h2,4-5,8-13H,3,6-7,14-18H2,1H3,(H,28,31)(H,27,29,32). The van der Waals surface area contributed by atoms with Gasteiger partial charge in [-0.15, -0.1) is 0 Å². The van der Waals surface area contributed by atoms with Gasteiger partial charge in [-0.3, -0.25) is 9.59 Å². The summed E-state index contributed by atoms with van der Waals surface area (Å²) >= 11 is 1.50. The molecule has 3 aromatic rings. The number of benzene rings is 2. The Labute approximate surface area is 198 Å². The lowest BCUT2D eigenvalue weighted by Gasteiger charge is -2.28. The molecule has 1 amide bonds. The molecule has 6 nitrogen and oxygen atoms in total. The van der Waals surface area contributed by atoms with E-state index in [2.05, 4.69) is 32.3 Å². The molecule has 2 N–H and O–H groups in total. The third-order valence-electron chi connectivity index (χ3n) is 5.89. The molecule has 2 aromatic carbocycles. The van der Waals surface area contributed by atoms with Crippen LogP contribution >= 0.6 is 11.8 Å². The summed E-state index contributed by atoms with van der Waals surface area (Å²) in [5.74, 6) is 0.628. The van der Waals surface area contributed by atoms with Crippen LogP contribution in [0.5, 0.6) is 0 Å². The Balaban J connectivity index is 1.30. The Kier molecular flexibility index (Phi) is 7.83. The van der Waals surface area contributed by atoms with Gasteiger partial charge < -0.3 is 15.2 Å². The number of nitrogens with one attached hydrogen (secondary N) is 2. The quantitative estimate of drug-likeness (QED) is 0.367. The van der Waals surface area contributed by atoms with Crippen LogP contribution in [-0.2, 0) is 17.0 Å². The highest BCUT2D eigenvalue weighted by Gasteiger charge is 2.13. The van der Waals surface area contributed by atoms with Crippen LogP contribution in [0.4, 0.5) is 11.4 Å². The molecule has 172 valence electrons. The van der Waals surface area contributed by atoms with Gasteiger partial charge in [0, 0.05) is 47.9 Å². The Morgan fingerprint density at radius 3 is 2.48 bits per heavy atom. The number of aromatic nitrogens is 2. The lowest BCUT2D eigenvalue weighted by molar-refractivity contribution is -0.116. The van der Waals surface area contributed by atoms with Gasteiger partial charge in [0.15, 0.2) is 5.16 Å². The molecular weight excluding hydrogens is 432 g/mol. The lowest BCUT2D eigenvalue weighted by Crippen LogP contribution is -2.29. The van der Waals surface area contributed by atoms with Crippen molar-refractivity contribution in [3.8, 4) is 0 Å². The van der Waals surface area contributed by atoms with Crippen molar-refractivity contribution < 1.29 is 4.79 Å². The lowest BCUT2D eigenvalue weighted by atomic mass is 10.1. The van der Waals surface area contributed by atoms with E-state index >= 15 is 0 Å². The van der Waals surface area contributed by atoms with E-state index < -0.39 is 0 Å². The topological polar surface area (TPSA) is 78.1 Å². The van der Waals surface area contributed by atoms with Crippen molar-refractivity contribution >= 4 is 29.0 Å². The first kappa shape index (κ1) is 23.1. The summed E-state index contributed by atoms with van der Waals surface area (Å²) in [5.41, 5.74) is 4.22. The molecule has 0 aliphatic carbocycles. The van der Waals surface area contributed by atoms with Crippen molar-refractivity contribution in [3.05, 3.63) is 81.8 Å². The molecule has 0 spiro atoms. The number of aromatic amines is 1. The van der Waals surface area contributed by atoms with Gasteiger partial charge in [-0.25, -0.2) is 4.98 Å². The van der Waals surface area contributed by atoms with Crippen molar-refractivity contribution in [2.45, 2.75) is 49.9 Å². The number of carbonyl (C=O) groups is 1. The van der Waals surface area contributed by atoms with Gasteiger partial charge in [-0.05, 0) is 62.4 Å². The summed E-state index contributed by atoms with van der Waals surface area (Å²) in [4.78, 5) is 34.8. The number of aryl methyl sites for hydroxylation is 1. The van der Waals surface area contributed by atoms with E-state index in [0.29, 0.717) is 22.8 Å². The molecule has 1 aromatic heterocycles. The zero-order valence-corrected chi connectivity index (χ0v) is 19.8. The molecular formula is C26H30N4O2S. The third-order valence-corrected chi connectivity index (χ3v) is 6.84. The van der Waals surface area contributed by atoms with Crippen LogP contribution in [0.1, 0.15) is 42.5 Å². The van der Waals surface area contributed by atoms with Crippen LogP contribution in [0, 0.1) is 6.92 Å². The maximum absolute atomic E-state index is 12.6. The summed E-state index contributed by atoms with van der Waals surface area (Å²) in [6.45, 7) is 4.02. The van der Waals surface area contributed by atoms with Crippen molar-refractivity contribution in [1.29, 1.82) is 0 Å². The minimum Gasteiger partial charge on any atom is -0.372 e. The maximum Gasteiger partial charge on any atom is 0.254 e. The number of hydrogen-bond donors (Lipinski definition) is 2. The molecule has 0 unspecified atom stereocenters. The van der Waals surface area contributed by atoms with Crippen molar-refractivity contribution in [2.75, 3.05) is 23.3 Å². The highest BCUT2D eigenvalue weighted by atomic mass is 32.2. The van der Waals surface area contributed by atoms with Gasteiger partial charge in [0.05, 0.1) is 0 Å². The fraction of sp³-hybridized carbons (Fsp3) is 0.346. The first-order valence-corrected chi connectivity index (χ1v) is 12.5. The largest absolute Gasteiger partial charge is 0.372 e. The zero-order valence-electron chi connectivity index (χ0n) is 19.0. The number of carbonyl (C=O) groups excluding carboxylic acids is 1. The molecule has 0 radical (unpaired) electrons. The first-order valence-electron chi connectivity index (χ1n) is 11.5. The number of hydrogen-bond acceptors (Lipinski definition) is 5. The predicted molar refractivity (Wildman–Crippen MR) is 135 cm³/mol. The monoisotopic (exact) mass is 462 g/mol. The Morgan fingerprint density at radius 2 is 1.79 bits per heavy atom. The van der Waals surface area contributed by atoms with Gasteiger partial charge in [0.2, 0.25) is 5.91 Å². The van der Waals surface area contributed by atoms with Crippen LogP contribution in [0.2, 0.25) is 0 Å². The molecule has 4 rings (SSSR count). The molecule has 0 atom stereocenters. The molecule has 1 saturated heterocycles. The zero-order chi connectivity index (χ0) is 23.0. The highest BCUT2D eigenvalue weighted by Crippen LogP contribution is 2.22. The second kappa shape index (κ2) is 11.2. The maximum atomic E-state index is 12.6. The minimum atomic E-state index is -0.170. The summed E-state index contributed by atoms with van der Waals surface area (Å²) < 4.78 is 0. The smallest absolute Gasteiger partial charge is 0.254 e. The van der Waals surface area contributed by atoms with Gasteiger partial charge in [0.25, 0.3) is 5.56 Å². The predicted octanol–water partition coefficient (Wildman–Crippen LogP) is 4.93. The SMILES string of the molecule is Cc1nc(SCc2ccccc2)[nH]c(=O)c1CCC(=O)Nc1ccc(N2CCCCC2)cc1. The average Bonchev–Trinajstić information content (AvgIpc) is 2.84. The summed E-state index contributed by atoms with van der Waals surface area (Å²) in [6, 6.07) is 18.1. The number of piperidine rings is 1. The molecule has 1 fully saturated rings. The Hall–Kier alpha value is -3.06. The van der Waals surface area contributed by atoms with E-state index in [-0.39, 0.29) is 17.9 Å². The van der Waals surface area contributed by atoms with E-state index in [1.165, 1.54) is 42.3 Å². The number of nitrogens with zero attached hydrogens (tertiary/aromatic N) is 2. The van der Waals surface area contributed by atoms with E-state index in [1.807, 2.05) is 49.4 Å². The van der Waals surface area contributed by atoms with Gasteiger partial charge >= 0.3 is 0 Å². The highest BCUT2D eigenvalue weighted by molar-refractivity contribution is 7.98. The van der Waals surface area contributed by atoms with Crippen molar-refractivity contribution in [3.63, 3.8) is 0 Å². The van der Waals surface area contributed by atoms with Gasteiger partial charge in [-0.2, -0.15) is 0 Å². The third kappa shape index (κ3) is 6.48. The Morgan fingerprint density at radius 1 is 1.06 bits per heavy atom. The van der Waals surface area contributed by atoms with Crippen LogP contribution in [0.25, 0.3) is 0 Å². The number of thioether (sulfide) groups is 1. The summed E-state index contributed by atoms with van der Waals surface area (Å²) in [5, 5.41) is 3.54. The normalized spacial score (nSPS) is 13.7. The minimum absolute atomic E-state index is 0.109. The molecule has 1 aliphatic heterocycles. The number of H-pyrrole nitrogens is 1. The molecule has 0 bridgehead atoms. The summed E-state index contributed by atoms with van der Waals surface area (Å²) in [6.07, 6.45) is 4.36. The number of anilines is 2. The van der Waals surface area contributed by atoms with E-state index in [1.54, 1.807) is 0 Å². The van der Waals surface area contributed by atoms with Gasteiger partial charge in [-0.1, -0.05) is 42.1 Å². The fourth-order valence-corrected chi connectivity index (χ4v) is 4.91. The van der Waals surface area contributed by atoms with E-state index in [0.717, 1.165) is 24.5 Å². The molecule has 2 heterocycles. The average molecular weight is 463 g/mol. The Bertz CT molecular complexity index is 1120. The molecule has 0 saturated carbocycles. The van der Waals surface area contributed by atoms with Crippen molar-refractivity contribution in [2.24, 2.45) is 0 Å². The van der Waals surface area contributed by atoms with E-state index in [9.17, 15) is 9.59 Å². The molecule has 1 aliphatic rings.